The summed E-state index contributed by atoms with van der Waals surface area (Å²) < 4.78 is 11.2. The lowest BCUT2D eigenvalue weighted by atomic mass is 9.89. The van der Waals surface area contributed by atoms with E-state index < -0.39 is 5.69 Å². The Morgan fingerprint density at radius 1 is 1.03 bits per heavy atom. The Hall–Kier alpha value is -4.53. The molecule has 0 fully saturated rings. The number of fused-ring (bicyclic) bond motifs is 2. The van der Waals surface area contributed by atoms with E-state index >= 15 is 0 Å². The van der Waals surface area contributed by atoms with E-state index in [4.69, 9.17) is 9.47 Å². The van der Waals surface area contributed by atoms with Gasteiger partial charge in [0.1, 0.15) is 0 Å². The number of nitrogens with one attached hydrogen (secondary N) is 4. The molecule has 0 radical (unpaired) electrons. The number of aromatic nitrogens is 4. The van der Waals surface area contributed by atoms with Gasteiger partial charge in [-0.05, 0) is 23.8 Å². The van der Waals surface area contributed by atoms with E-state index in [1.165, 1.54) is 6.20 Å². The topological polar surface area (TPSA) is 125 Å². The van der Waals surface area contributed by atoms with Crippen molar-refractivity contribution in [2.75, 3.05) is 20.8 Å². The molecule has 0 aliphatic heterocycles. The Labute approximate surface area is 194 Å². The molecule has 0 spiro atoms. The molecule has 5 rings (SSSR count). The number of ether oxygens (including phenoxy) is 2. The summed E-state index contributed by atoms with van der Waals surface area (Å²) in [5.74, 6) is 0.648. The second-order valence-corrected chi connectivity index (χ2v) is 7.80. The number of benzene rings is 2. The first-order chi connectivity index (χ1) is 16.6. The molecule has 0 aliphatic rings. The van der Waals surface area contributed by atoms with Crippen molar-refractivity contribution >= 4 is 28.0 Å². The average Bonchev–Trinajstić information content (AvgIpc) is 3.46. The number of imidazole rings is 1. The van der Waals surface area contributed by atoms with Crippen molar-refractivity contribution in [3.63, 3.8) is 0 Å². The van der Waals surface area contributed by atoms with Gasteiger partial charge >= 0.3 is 5.69 Å². The summed E-state index contributed by atoms with van der Waals surface area (Å²) in [5, 5.41) is 4.08. The molecule has 5 aromatic rings. The van der Waals surface area contributed by atoms with E-state index in [1.807, 2.05) is 48.7 Å². The Kier molecular flexibility index (Phi) is 5.51. The van der Waals surface area contributed by atoms with Crippen LogP contribution in [0, 0.1) is 0 Å². The number of aromatic amines is 3. The Bertz CT molecular complexity index is 1550. The minimum Gasteiger partial charge on any atom is -0.493 e. The lowest BCUT2D eigenvalue weighted by Crippen LogP contribution is -2.29. The van der Waals surface area contributed by atoms with Gasteiger partial charge in [0, 0.05) is 41.3 Å². The molecule has 0 saturated carbocycles. The quantitative estimate of drug-likeness (QED) is 0.298. The minimum absolute atomic E-state index is 0.243. The molecule has 34 heavy (non-hydrogen) atoms. The Morgan fingerprint density at radius 3 is 2.71 bits per heavy atom. The number of nitrogens with zero attached hydrogens (tertiary/aromatic N) is 1. The highest BCUT2D eigenvalue weighted by Gasteiger charge is 2.25. The Balaban J connectivity index is 1.55. The summed E-state index contributed by atoms with van der Waals surface area (Å²) in [6.45, 7) is 0.280. The van der Waals surface area contributed by atoms with E-state index in [2.05, 4.69) is 25.3 Å². The summed E-state index contributed by atoms with van der Waals surface area (Å²) in [7, 11) is 3.19. The van der Waals surface area contributed by atoms with Crippen LogP contribution in [0.15, 0.2) is 65.7 Å². The fraction of sp³-hybridized carbons (Fsp3) is 0.160. The van der Waals surface area contributed by atoms with E-state index in [-0.39, 0.29) is 18.4 Å². The van der Waals surface area contributed by atoms with Crippen LogP contribution in [0.25, 0.3) is 22.1 Å². The molecule has 1 unspecified atom stereocenters. The van der Waals surface area contributed by atoms with Gasteiger partial charge in [0.2, 0.25) is 0 Å². The van der Waals surface area contributed by atoms with Crippen molar-refractivity contribution in [3.05, 3.63) is 88.1 Å². The van der Waals surface area contributed by atoms with Crippen LogP contribution in [0.3, 0.4) is 0 Å². The van der Waals surface area contributed by atoms with Gasteiger partial charge in [-0.1, -0.05) is 30.3 Å². The van der Waals surface area contributed by atoms with Crippen LogP contribution in [-0.2, 0) is 0 Å². The smallest absolute Gasteiger partial charge is 0.325 e. The third-order valence-corrected chi connectivity index (χ3v) is 5.94. The first-order valence-electron chi connectivity index (χ1n) is 10.7. The van der Waals surface area contributed by atoms with E-state index in [1.54, 1.807) is 20.3 Å². The van der Waals surface area contributed by atoms with Gasteiger partial charge < -0.3 is 24.8 Å². The van der Waals surface area contributed by atoms with Crippen molar-refractivity contribution in [1.29, 1.82) is 0 Å². The SMILES string of the molecule is COc1cccc(C(CNC(=O)c2ccnc3[nH]c(=O)[nH]c23)c2c[nH]c3ccccc23)c1OC. The van der Waals surface area contributed by atoms with Gasteiger partial charge in [0.05, 0.1) is 25.3 Å². The maximum Gasteiger partial charge on any atom is 0.325 e. The van der Waals surface area contributed by atoms with Gasteiger partial charge in [-0.2, -0.15) is 0 Å². The number of hydrogen-bond donors (Lipinski definition) is 4. The maximum absolute atomic E-state index is 13.2. The van der Waals surface area contributed by atoms with Crippen molar-refractivity contribution in [2.24, 2.45) is 0 Å². The zero-order valence-electron chi connectivity index (χ0n) is 18.6. The number of methoxy groups -OCH3 is 2. The van der Waals surface area contributed by atoms with Crippen molar-refractivity contribution in [1.82, 2.24) is 25.3 Å². The van der Waals surface area contributed by atoms with Crippen LogP contribution in [0.5, 0.6) is 11.5 Å². The molecule has 9 heteroatoms. The predicted molar refractivity (Wildman–Crippen MR) is 129 cm³/mol. The first-order valence-corrected chi connectivity index (χ1v) is 10.7. The summed E-state index contributed by atoms with van der Waals surface area (Å²) in [5.41, 5.74) is 3.50. The van der Waals surface area contributed by atoms with E-state index in [0.717, 1.165) is 22.0 Å². The van der Waals surface area contributed by atoms with Gasteiger partial charge in [-0.25, -0.2) is 9.78 Å². The number of amides is 1. The van der Waals surface area contributed by atoms with Crippen LogP contribution in [-0.4, -0.2) is 46.6 Å². The van der Waals surface area contributed by atoms with Gasteiger partial charge in [0.25, 0.3) is 5.91 Å². The largest absolute Gasteiger partial charge is 0.493 e. The number of carbonyl (C=O) groups excluding carboxylic acids is 1. The minimum atomic E-state index is -0.416. The highest BCUT2D eigenvalue weighted by Crippen LogP contribution is 2.40. The Morgan fingerprint density at radius 2 is 1.88 bits per heavy atom. The number of hydrogen-bond acceptors (Lipinski definition) is 5. The molecular formula is C25H23N5O4. The lowest BCUT2D eigenvalue weighted by Gasteiger charge is -2.22. The molecule has 2 aromatic carbocycles. The highest BCUT2D eigenvalue weighted by atomic mass is 16.5. The van der Waals surface area contributed by atoms with E-state index in [9.17, 15) is 9.59 Å². The summed E-state index contributed by atoms with van der Waals surface area (Å²) in [4.78, 5) is 37.5. The molecule has 0 bridgehead atoms. The molecule has 9 nitrogen and oxygen atoms in total. The predicted octanol–water partition coefficient (Wildman–Crippen LogP) is 3.31. The number of pyridine rings is 1. The maximum atomic E-state index is 13.2. The molecular weight excluding hydrogens is 434 g/mol. The summed E-state index contributed by atoms with van der Waals surface area (Å²) >= 11 is 0. The zero-order chi connectivity index (χ0) is 23.7. The number of rotatable bonds is 7. The third-order valence-electron chi connectivity index (χ3n) is 5.94. The normalized spacial score (nSPS) is 12.1. The van der Waals surface area contributed by atoms with Crippen LogP contribution in [0.1, 0.15) is 27.4 Å². The molecule has 1 amide bonds. The standard InChI is InChI=1S/C25H23N5O4/c1-33-20-9-5-7-15(22(20)34-2)18(17-12-27-19-8-4-3-6-14(17)19)13-28-24(31)16-10-11-26-23-21(16)29-25(32)30-23/h3-12,18,27H,13H2,1-2H3,(H,28,31)(H2,26,29,30,32). The molecule has 3 heterocycles. The van der Waals surface area contributed by atoms with Crippen molar-refractivity contribution in [3.8, 4) is 11.5 Å². The zero-order valence-corrected chi connectivity index (χ0v) is 18.6. The first kappa shape index (κ1) is 21.3. The average molecular weight is 457 g/mol. The summed E-state index contributed by atoms with van der Waals surface area (Å²) in [6, 6.07) is 15.3. The molecule has 0 aliphatic carbocycles. The number of carbonyl (C=O) groups is 1. The highest BCUT2D eigenvalue weighted by molar-refractivity contribution is 6.03. The molecule has 3 aromatic heterocycles. The lowest BCUT2D eigenvalue weighted by molar-refractivity contribution is 0.0953. The molecule has 172 valence electrons. The van der Waals surface area contributed by atoms with Crippen LogP contribution < -0.4 is 20.5 Å². The second-order valence-electron chi connectivity index (χ2n) is 7.80. The van der Waals surface area contributed by atoms with Gasteiger partial charge in [0.15, 0.2) is 17.1 Å². The molecule has 0 saturated heterocycles. The van der Waals surface area contributed by atoms with Crippen LogP contribution >= 0.6 is 0 Å². The van der Waals surface area contributed by atoms with Crippen LogP contribution in [0.2, 0.25) is 0 Å². The van der Waals surface area contributed by atoms with E-state index in [0.29, 0.717) is 28.2 Å². The third kappa shape index (κ3) is 3.66. The van der Waals surface area contributed by atoms with Crippen LogP contribution in [0.4, 0.5) is 0 Å². The fourth-order valence-electron chi connectivity index (χ4n) is 4.37. The van der Waals surface area contributed by atoms with Crippen molar-refractivity contribution in [2.45, 2.75) is 5.92 Å². The van der Waals surface area contributed by atoms with Crippen molar-refractivity contribution < 1.29 is 14.3 Å². The fourth-order valence-corrected chi connectivity index (χ4v) is 4.37. The second kappa shape index (κ2) is 8.78. The van der Waals surface area contributed by atoms with Gasteiger partial charge in [-0.15, -0.1) is 0 Å². The van der Waals surface area contributed by atoms with Gasteiger partial charge in [-0.3, -0.25) is 9.78 Å². The number of para-hydroxylation sites is 2. The molecule has 1 atom stereocenters. The molecule has 4 N–H and O–H groups in total. The summed E-state index contributed by atoms with van der Waals surface area (Å²) in [6.07, 6.45) is 3.44. The monoisotopic (exact) mass is 457 g/mol. The number of H-pyrrole nitrogens is 3.